The van der Waals surface area contributed by atoms with Crippen LogP contribution in [0.1, 0.15) is 28.8 Å². The zero-order valence-corrected chi connectivity index (χ0v) is 11.6. The summed E-state index contributed by atoms with van der Waals surface area (Å²) in [5.41, 5.74) is 1.47. The fourth-order valence-corrected chi connectivity index (χ4v) is 2.70. The fraction of sp³-hybridized carbons (Fsp3) is 0.467. The van der Waals surface area contributed by atoms with Crippen molar-refractivity contribution in [1.82, 2.24) is 4.90 Å². The average molecular weight is 291 g/mol. The van der Waals surface area contributed by atoms with Crippen LogP contribution in [0.15, 0.2) is 18.2 Å². The maximum Gasteiger partial charge on any atom is 0.407 e. The lowest BCUT2D eigenvalue weighted by molar-refractivity contribution is 0.0535. The number of likely N-dealkylation sites (tertiary alicyclic amines) is 1. The highest BCUT2D eigenvalue weighted by atomic mass is 16.5. The monoisotopic (exact) mass is 291 g/mol. The summed E-state index contributed by atoms with van der Waals surface area (Å²) in [6.07, 6.45) is 0.787. The number of nitrogens with zero attached hydrogens (tertiary/aromatic N) is 1. The summed E-state index contributed by atoms with van der Waals surface area (Å²) in [7, 11) is 0. The molecule has 0 spiro atoms. The zero-order valence-electron chi connectivity index (χ0n) is 11.6. The Morgan fingerprint density at radius 2 is 2.14 bits per heavy atom. The van der Waals surface area contributed by atoms with Crippen molar-refractivity contribution in [2.45, 2.75) is 19.4 Å². The number of carbonyl (C=O) groups excluding carboxylic acids is 1. The molecule has 0 saturated carbocycles. The van der Waals surface area contributed by atoms with Crippen LogP contribution in [-0.4, -0.2) is 41.8 Å². The second-order valence-corrected chi connectivity index (χ2v) is 5.42. The number of hydrogen-bond acceptors (Lipinski definition) is 4. The van der Waals surface area contributed by atoms with Gasteiger partial charge in [-0.1, -0.05) is 0 Å². The van der Waals surface area contributed by atoms with Crippen molar-refractivity contribution in [2.24, 2.45) is 5.92 Å². The lowest BCUT2D eigenvalue weighted by Gasteiger charge is -2.29. The highest BCUT2D eigenvalue weighted by Gasteiger charge is 2.24. The van der Waals surface area contributed by atoms with Gasteiger partial charge in [-0.2, -0.15) is 0 Å². The van der Waals surface area contributed by atoms with Gasteiger partial charge in [-0.25, -0.2) is 9.59 Å². The third-order valence-electron chi connectivity index (χ3n) is 4.03. The number of carbonyl (C=O) groups is 2. The summed E-state index contributed by atoms with van der Waals surface area (Å²) in [4.78, 5) is 23.6. The summed E-state index contributed by atoms with van der Waals surface area (Å²) < 4.78 is 10.7. The first-order valence-corrected chi connectivity index (χ1v) is 7.04. The van der Waals surface area contributed by atoms with Crippen molar-refractivity contribution in [2.75, 3.05) is 19.7 Å². The molecule has 0 atom stereocenters. The first kappa shape index (κ1) is 13.7. The van der Waals surface area contributed by atoms with Gasteiger partial charge < -0.3 is 19.5 Å². The molecule has 1 N–H and O–H groups in total. The Morgan fingerprint density at radius 3 is 2.86 bits per heavy atom. The van der Waals surface area contributed by atoms with E-state index < -0.39 is 6.09 Å². The van der Waals surface area contributed by atoms with E-state index >= 15 is 0 Å². The Bertz CT molecular complexity index is 563. The first-order chi connectivity index (χ1) is 10.1. The molecule has 1 amide bonds. The molecule has 0 aliphatic carbocycles. The Labute approximate surface area is 122 Å². The van der Waals surface area contributed by atoms with Gasteiger partial charge >= 0.3 is 12.1 Å². The molecule has 0 radical (unpaired) electrons. The summed E-state index contributed by atoms with van der Waals surface area (Å²) >= 11 is 0. The molecule has 6 nitrogen and oxygen atoms in total. The largest absolute Gasteiger partial charge is 0.493 e. The number of rotatable bonds is 3. The third-order valence-corrected chi connectivity index (χ3v) is 4.03. The standard InChI is InChI=1S/C15H17NO5/c17-14-13-2-1-12(7-11(13)9-21-14)20-8-10-3-5-16(6-4-10)15(18)19/h1-2,7,10H,3-6,8-9H2,(H,18,19). The maximum atomic E-state index is 11.4. The van der Waals surface area contributed by atoms with E-state index in [9.17, 15) is 9.59 Å². The maximum absolute atomic E-state index is 11.4. The molecule has 3 rings (SSSR count). The predicted octanol–water partition coefficient (Wildman–Crippen LogP) is 2.13. The Hall–Kier alpha value is -2.24. The minimum atomic E-state index is -0.849. The second-order valence-electron chi connectivity index (χ2n) is 5.42. The van der Waals surface area contributed by atoms with E-state index in [2.05, 4.69) is 0 Å². The predicted molar refractivity (Wildman–Crippen MR) is 73.4 cm³/mol. The molecule has 2 aliphatic heterocycles. The number of piperidine rings is 1. The molecule has 0 bridgehead atoms. The van der Waals surface area contributed by atoms with Gasteiger partial charge in [0.15, 0.2) is 0 Å². The molecule has 1 saturated heterocycles. The number of ether oxygens (including phenoxy) is 2. The van der Waals surface area contributed by atoms with Gasteiger partial charge in [-0.3, -0.25) is 0 Å². The molecule has 1 aromatic rings. The van der Waals surface area contributed by atoms with E-state index in [1.54, 1.807) is 12.1 Å². The Balaban J connectivity index is 1.52. The summed E-state index contributed by atoms with van der Waals surface area (Å²) in [5.74, 6) is 0.817. The topological polar surface area (TPSA) is 76.1 Å². The van der Waals surface area contributed by atoms with E-state index in [0.29, 0.717) is 37.8 Å². The Morgan fingerprint density at radius 1 is 1.38 bits per heavy atom. The number of benzene rings is 1. The van der Waals surface area contributed by atoms with Crippen LogP contribution in [0.3, 0.4) is 0 Å². The minimum Gasteiger partial charge on any atom is -0.493 e. The lowest BCUT2D eigenvalue weighted by atomic mass is 9.98. The first-order valence-electron chi connectivity index (χ1n) is 7.04. The highest BCUT2D eigenvalue weighted by Crippen LogP contribution is 2.26. The molecular formula is C15H17NO5. The average Bonchev–Trinajstić information content (AvgIpc) is 2.86. The second kappa shape index (κ2) is 5.63. The summed E-state index contributed by atoms with van der Waals surface area (Å²) in [5, 5.41) is 8.90. The van der Waals surface area contributed by atoms with Crippen molar-refractivity contribution < 1.29 is 24.2 Å². The van der Waals surface area contributed by atoms with E-state index in [-0.39, 0.29) is 5.97 Å². The van der Waals surface area contributed by atoms with Gasteiger partial charge in [0.25, 0.3) is 0 Å². The lowest BCUT2D eigenvalue weighted by Crippen LogP contribution is -2.38. The molecule has 2 heterocycles. The van der Waals surface area contributed by atoms with Crippen LogP contribution in [0.2, 0.25) is 0 Å². The molecule has 1 fully saturated rings. The number of cyclic esters (lactones) is 1. The van der Waals surface area contributed by atoms with Crippen LogP contribution in [-0.2, 0) is 11.3 Å². The van der Waals surface area contributed by atoms with Crippen LogP contribution in [0.25, 0.3) is 0 Å². The highest BCUT2D eigenvalue weighted by molar-refractivity contribution is 5.93. The van der Waals surface area contributed by atoms with E-state index in [4.69, 9.17) is 14.6 Å². The van der Waals surface area contributed by atoms with Crippen molar-refractivity contribution in [1.29, 1.82) is 0 Å². The molecule has 0 aromatic heterocycles. The quantitative estimate of drug-likeness (QED) is 0.863. The molecule has 6 heteroatoms. The molecular weight excluding hydrogens is 274 g/mol. The Kier molecular flexibility index (Phi) is 3.68. The van der Waals surface area contributed by atoms with Crippen LogP contribution in [0, 0.1) is 5.92 Å². The van der Waals surface area contributed by atoms with Crippen molar-refractivity contribution >= 4 is 12.1 Å². The summed E-state index contributed by atoms with van der Waals surface area (Å²) in [6.45, 7) is 2.01. The van der Waals surface area contributed by atoms with E-state index in [1.165, 1.54) is 4.90 Å². The van der Waals surface area contributed by atoms with Crippen LogP contribution < -0.4 is 4.74 Å². The van der Waals surface area contributed by atoms with Crippen LogP contribution in [0.5, 0.6) is 5.75 Å². The zero-order chi connectivity index (χ0) is 14.8. The number of amides is 1. The smallest absolute Gasteiger partial charge is 0.407 e. The van der Waals surface area contributed by atoms with Crippen molar-refractivity contribution in [3.63, 3.8) is 0 Å². The van der Waals surface area contributed by atoms with Gasteiger partial charge in [-0.15, -0.1) is 0 Å². The van der Waals surface area contributed by atoms with Gasteiger partial charge in [-0.05, 0) is 37.0 Å². The van der Waals surface area contributed by atoms with E-state index in [1.807, 2.05) is 6.07 Å². The third kappa shape index (κ3) is 2.94. The number of hydrogen-bond donors (Lipinski definition) is 1. The van der Waals surface area contributed by atoms with Gasteiger partial charge in [0.1, 0.15) is 12.4 Å². The summed E-state index contributed by atoms with van der Waals surface area (Å²) in [6, 6.07) is 5.34. The number of carboxylic acid groups (broad SMARTS) is 1. The van der Waals surface area contributed by atoms with Crippen LogP contribution >= 0.6 is 0 Å². The minimum absolute atomic E-state index is 0.280. The number of fused-ring (bicyclic) bond motifs is 1. The SMILES string of the molecule is O=C1OCc2cc(OCC3CCN(C(=O)O)CC3)ccc21. The molecule has 1 aromatic carbocycles. The normalized spacial score (nSPS) is 18.3. The van der Waals surface area contributed by atoms with Gasteiger partial charge in [0.2, 0.25) is 0 Å². The van der Waals surface area contributed by atoms with Crippen molar-refractivity contribution in [3.05, 3.63) is 29.3 Å². The van der Waals surface area contributed by atoms with E-state index in [0.717, 1.165) is 24.2 Å². The molecule has 21 heavy (non-hydrogen) atoms. The van der Waals surface area contributed by atoms with Gasteiger partial charge in [0.05, 0.1) is 12.2 Å². The van der Waals surface area contributed by atoms with Crippen LogP contribution in [0.4, 0.5) is 4.79 Å². The molecule has 2 aliphatic rings. The molecule has 0 unspecified atom stereocenters. The number of esters is 1. The fourth-order valence-electron chi connectivity index (χ4n) is 2.70. The molecule has 112 valence electrons. The van der Waals surface area contributed by atoms with Gasteiger partial charge in [0, 0.05) is 18.7 Å². The van der Waals surface area contributed by atoms with Crippen molar-refractivity contribution in [3.8, 4) is 5.75 Å².